The van der Waals surface area contributed by atoms with Gasteiger partial charge < -0.3 is 10.5 Å². The number of ether oxygens (including phenoxy) is 1. The molecule has 0 atom stereocenters. The summed E-state index contributed by atoms with van der Waals surface area (Å²) in [5, 5.41) is 0.498. The molecule has 2 aromatic rings. The zero-order valence-corrected chi connectivity index (χ0v) is 11.5. The summed E-state index contributed by atoms with van der Waals surface area (Å²) in [4.78, 5) is 0. The van der Waals surface area contributed by atoms with E-state index in [1.807, 2.05) is 31.2 Å². The standard InChI is InChI=1S/C13H11BrClNO/c1-8-6-11(16)10(15)7-13(8)17-12-5-3-2-4-9(12)14/h2-7H,16H2,1H3. The average Bonchev–Trinajstić information content (AvgIpc) is 2.29. The molecule has 88 valence electrons. The van der Waals surface area contributed by atoms with Gasteiger partial charge in [0.2, 0.25) is 0 Å². The molecule has 0 spiro atoms. The maximum absolute atomic E-state index is 5.98. The highest BCUT2D eigenvalue weighted by Crippen LogP contribution is 2.34. The van der Waals surface area contributed by atoms with E-state index in [1.54, 1.807) is 12.1 Å². The minimum atomic E-state index is 0.498. The molecule has 0 heterocycles. The van der Waals surface area contributed by atoms with E-state index in [-0.39, 0.29) is 0 Å². The van der Waals surface area contributed by atoms with E-state index in [1.165, 1.54) is 0 Å². The summed E-state index contributed by atoms with van der Waals surface area (Å²) in [6.07, 6.45) is 0. The Kier molecular flexibility index (Phi) is 3.60. The Morgan fingerprint density at radius 3 is 2.59 bits per heavy atom. The molecule has 2 N–H and O–H groups in total. The fourth-order valence-electron chi connectivity index (χ4n) is 1.44. The zero-order valence-electron chi connectivity index (χ0n) is 9.21. The Balaban J connectivity index is 2.37. The first kappa shape index (κ1) is 12.3. The molecule has 0 saturated carbocycles. The van der Waals surface area contributed by atoms with Crippen molar-refractivity contribution in [1.82, 2.24) is 0 Å². The molecule has 2 nitrogen and oxygen atoms in total. The van der Waals surface area contributed by atoms with E-state index in [2.05, 4.69) is 15.9 Å². The highest BCUT2D eigenvalue weighted by atomic mass is 79.9. The molecule has 0 aromatic heterocycles. The number of hydrogen-bond acceptors (Lipinski definition) is 2. The maximum atomic E-state index is 5.98. The number of halogens is 2. The third-order valence-electron chi connectivity index (χ3n) is 2.35. The van der Waals surface area contributed by atoms with Crippen LogP contribution in [0, 0.1) is 6.92 Å². The van der Waals surface area contributed by atoms with Crippen molar-refractivity contribution in [2.75, 3.05) is 5.73 Å². The van der Waals surface area contributed by atoms with Crippen molar-refractivity contribution in [3.05, 3.63) is 51.5 Å². The molecule has 17 heavy (non-hydrogen) atoms. The number of anilines is 1. The largest absolute Gasteiger partial charge is 0.456 e. The molecule has 0 bridgehead atoms. The normalized spacial score (nSPS) is 10.3. The van der Waals surface area contributed by atoms with Crippen molar-refractivity contribution in [3.63, 3.8) is 0 Å². The van der Waals surface area contributed by atoms with Crippen LogP contribution in [0.15, 0.2) is 40.9 Å². The summed E-state index contributed by atoms with van der Waals surface area (Å²) < 4.78 is 6.68. The quantitative estimate of drug-likeness (QED) is 0.810. The number of nitrogens with two attached hydrogens (primary N) is 1. The highest BCUT2D eigenvalue weighted by molar-refractivity contribution is 9.10. The van der Waals surface area contributed by atoms with Gasteiger partial charge in [0.1, 0.15) is 11.5 Å². The number of nitrogen functional groups attached to an aromatic ring is 1. The summed E-state index contributed by atoms with van der Waals surface area (Å²) in [5.41, 5.74) is 7.22. The van der Waals surface area contributed by atoms with Gasteiger partial charge in [0, 0.05) is 6.07 Å². The van der Waals surface area contributed by atoms with Crippen LogP contribution in [-0.2, 0) is 0 Å². The molecule has 2 rings (SSSR count). The van der Waals surface area contributed by atoms with Crippen LogP contribution in [0.5, 0.6) is 11.5 Å². The lowest BCUT2D eigenvalue weighted by Gasteiger charge is -2.11. The van der Waals surface area contributed by atoms with Gasteiger partial charge in [-0.15, -0.1) is 0 Å². The van der Waals surface area contributed by atoms with Crippen molar-refractivity contribution in [1.29, 1.82) is 0 Å². The average molecular weight is 313 g/mol. The fraction of sp³-hybridized carbons (Fsp3) is 0.0769. The van der Waals surface area contributed by atoms with Gasteiger partial charge in [-0.25, -0.2) is 0 Å². The molecule has 0 unspecified atom stereocenters. The molecular formula is C13H11BrClNO. The van der Waals surface area contributed by atoms with Crippen molar-refractivity contribution in [2.24, 2.45) is 0 Å². The maximum Gasteiger partial charge on any atom is 0.141 e. The van der Waals surface area contributed by atoms with Gasteiger partial charge in [0.05, 0.1) is 15.2 Å². The van der Waals surface area contributed by atoms with Gasteiger partial charge >= 0.3 is 0 Å². The summed E-state index contributed by atoms with van der Waals surface area (Å²) in [7, 11) is 0. The molecule has 4 heteroatoms. The second-order valence-electron chi connectivity index (χ2n) is 3.67. The predicted molar refractivity (Wildman–Crippen MR) is 74.8 cm³/mol. The van der Waals surface area contributed by atoms with Crippen LogP contribution in [0.2, 0.25) is 5.02 Å². The van der Waals surface area contributed by atoms with E-state index < -0.39 is 0 Å². The van der Waals surface area contributed by atoms with Crippen molar-refractivity contribution < 1.29 is 4.74 Å². The third-order valence-corrected chi connectivity index (χ3v) is 3.33. The highest BCUT2D eigenvalue weighted by Gasteiger charge is 2.07. The monoisotopic (exact) mass is 311 g/mol. The van der Waals surface area contributed by atoms with Crippen LogP contribution in [0.4, 0.5) is 5.69 Å². The predicted octanol–water partition coefficient (Wildman–Crippen LogP) is 4.79. The van der Waals surface area contributed by atoms with Crippen LogP contribution in [0.25, 0.3) is 0 Å². The summed E-state index contributed by atoms with van der Waals surface area (Å²) in [5.74, 6) is 1.45. The summed E-state index contributed by atoms with van der Waals surface area (Å²) in [6.45, 7) is 1.93. The van der Waals surface area contributed by atoms with Crippen LogP contribution in [-0.4, -0.2) is 0 Å². The molecule has 0 saturated heterocycles. The number of benzene rings is 2. The molecule has 0 aliphatic heterocycles. The first-order valence-electron chi connectivity index (χ1n) is 5.06. The molecule has 0 aliphatic carbocycles. The van der Waals surface area contributed by atoms with Crippen LogP contribution < -0.4 is 10.5 Å². The number of rotatable bonds is 2. The first-order valence-corrected chi connectivity index (χ1v) is 6.23. The van der Waals surface area contributed by atoms with Gasteiger partial charge in [-0.2, -0.15) is 0 Å². The smallest absolute Gasteiger partial charge is 0.141 e. The van der Waals surface area contributed by atoms with Gasteiger partial charge in [0.25, 0.3) is 0 Å². The lowest BCUT2D eigenvalue weighted by atomic mass is 10.2. The summed E-state index contributed by atoms with van der Waals surface area (Å²) >= 11 is 9.40. The summed E-state index contributed by atoms with van der Waals surface area (Å²) in [6, 6.07) is 11.2. The SMILES string of the molecule is Cc1cc(N)c(Cl)cc1Oc1ccccc1Br. The zero-order chi connectivity index (χ0) is 12.4. The van der Waals surface area contributed by atoms with Gasteiger partial charge in [-0.05, 0) is 46.6 Å². The van der Waals surface area contributed by atoms with Gasteiger partial charge in [0.15, 0.2) is 0 Å². The first-order chi connectivity index (χ1) is 8.08. The lowest BCUT2D eigenvalue weighted by molar-refractivity contribution is 0.476. The Labute approximate surface area is 113 Å². The molecule has 2 aromatic carbocycles. The van der Waals surface area contributed by atoms with Gasteiger partial charge in [-0.1, -0.05) is 23.7 Å². The van der Waals surface area contributed by atoms with Crippen LogP contribution >= 0.6 is 27.5 Å². The minimum absolute atomic E-state index is 0.498. The molecule has 0 aliphatic rings. The van der Waals surface area contributed by atoms with E-state index >= 15 is 0 Å². The van der Waals surface area contributed by atoms with E-state index in [4.69, 9.17) is 22.1 Å². The number of hydrogen-bond donors (Lipinski definition) is 1. The topological polar surface area (TPSA) is 35.2 Å². The van der Waals surface area contributed by atoms with Crippen molar-refractivity contribution >= 4 is 33.2 Å². The second-order valence-corrected chi connectivity index (χ2v) is 4.93. The number of aryl methyl sites for hydroxylation is 1. The lowest BCUT2D eigenvalue weighted by Crippen LogP contribution is -1.92. The third kappa shape index (κ3) is 2.73. The molecule has 0 amide bonds. The second kappa shape index (κ2) is 4.98. The van der Waals surface area contributed by atoms with Crippen LogP contribution in [0.3, 0.4) is 0 Å². The molecule has 0 fully saturated rings. The molecular weight excluding hydrogens is 302 g/mol. The van der Waals surface area contributed by atoms with Gasteiger partial charge in [-0.3, -0.25) is 0 Å². The Morgan fingerprint density at radius 2 is 1.88 bits per heavy atom. The van der Waals surface area contributed by atoms with Crippen molar-refractivity contribution in [3.8, 4) is 11.5 Å². The Bertz CT molecular complexity index is 557. The fourth-order valence-corrected chi connectivity index (χ4v) is 1.96. The van der Waals surface area contributed by atoms with Crippen LogP contribution in [0.1, 0.15) is 5.56 Å². The van der Waals surface area contributed by atoms with Crippen molar-refractivity contribution in [2.45, 2.75) is 6.92 Å². The minimum Gasteiger partial charge on any atom is -0.456 e. The molecule has 0 radical (unpaired) electrons. The Morgan fingerprint density at radius 1 is 1.18 bits per heavy atom. The van der Waals surface area contributed by atoms with E-state index in [0.717, 1.165) is 15.8 Å². The van der Waals surface area contributed by atoms with E-state index in [0.29, 0.717) is 16.5 Å². The van der Waals surface area contributed by atoms with E-state index in [9.17, 15) is 0 Å². The Hall–Kier alpha value is -1.19. The number of para-hydroxylation sites is 1.